The molecule has 1 saturated carbocycles. The number of halogens is 1. The molecule has 1 rings (SSSR count). The molecule has 0 spiro atoms. The Labute approximate surface area is 101 Å². The zero-order chi connectivity index (χ0) is 11.1. The minimum atomic E-state index is 0.0524. The summed E-state index contributed by atoms with van der Waals surface area (Å²) in [7, 11) is 3.37. The van der Waals surface area contributed by atoms with Crippen molar-refractivity contribution in [2.24, 2.45) is 0 Å². The van der Waals surface area contributed by atoms with Gasteiger partial charge >= 0.3 is 0 Å². The molecular weight excluding hydrogens is 260 g/mol. The standard InChI is InChI=1S/C11H21BrO3/c1-13-7-9(14-2)8-15-11-6-4-3-5-10(11)12/h9-11H,3-8H2,1-2H3. The van der Waals surface area contributed by atoms with Gasteiger partial charge < -0.3 is 14.2 Å². The number of ether oxygens (including phenoxy) is 3. The third-order valence-corrected chi connectivity index (χ3v) is 3.85. The molecule has 0 saturated heterocycles. The fourth-order valence-corrected chi connectivity index (χ4v) is 2.58. The highest BCUT2D eigenvalue weighted by atomic mass is 79.9. The van der Waals surface area contributed by atoms with Gasteiger partial charge in [0.25, 0.3) is 0 Å². The van der Waals surface area contributed by atoms with Crippen molar-refractivity contribution in [2.75, 3.05) is 27.4 Å². The molecule has 15 heavy (non-hydrogen) atoms. The van der Waals surface area contributed by atoms with Crippen molar-refractivity contribution < 1.29 is 14.2 Å². The molecule has 0 bridgehead atoms. The quantitative estimate of drug-likeness (QED) is 0.700. The van der Waals surface area contributed by atoms with Crippen molar-refractivity contribution in [2.45, 2.75) is 42.7 Å². The second-order valence-electron chi connectivity index (χ2n) is 3.99. The van der Waals surface area contributed by atoms with E-state index in [2.05, 4.69) is 15.9 Å². The van der Waals surface area contributed by atoms with Gasteiger partial charge in [0.15, 0.2) is 0 Å². The predicted octanol–water partition coefficient (Wildman–Crippen LogP) is 2.37. The van der Waals surface area contributed by atoms with Crippen LogP contribution in [-0.2, 0) is 14.2 Å². The molecule has 90 valence electrons. The Kier molecular flexibility index (Phi) is 6.81. The highest BCUT2D eigenvalue weighted by Gasteiger charge is 2.24. The summed E-state index contributed by atoms with van der Waals surface area (Å²) in [5.74, 6) is 0. The second kappa shape index (κ2) is 7.60. The van der Waals surface area contributed by atoms with E-state index >= 15 is 0 Å². The minimum absolute atomic E-state index is 0.0524. The lowest BCUT2D eigenvalue weighted by atomic mass is 9.97. The van der Waals surface area contributed by atoms with E-state index in [1.807, 2.05) is 0 Å². The van der Waals surface area contributed by atoms with Gasteiger partial charge in [-0.3, -0.25) is 0 Å². The fraction of sp³-hybridized carbons (Fsp3) is 1.00. The van der Waals surface area contributed by atoms with Crippen LogP contribution >= 0.6 is 15.9 Å². The minimum Gasteiger partial charge on any atom is -0.382 e. The summed E-state index contributed by atoms with van der Waals surface area (Å²) >= 11 is 3.67. The van der Waals surface area contributed by atoms with E-state index in [0.717, 1.165) is 6.42 Å². The molecule has 0 aromatic heterocycles. The van der Waals surface area contributed by atoms with Gasteiger partial charge in [0, 0.05) is 19.0 Å². The smallest absolute Gasteiger partial charge is 0.104 e. The van der Waals surface area contributed by atoms with Crippen molar-refractivity contribution >= 4 is 15.9 Å². The molecule has 0 amide bonds. The van der Waals surface area contributed by atoms with E-state index in [1.165, 1.54) is 19.3 Å². The first-order valence-corrected chi connectivity index (χ1v) is 6.47. The van der Waals surface area contributed by atoms with Crippen molar-refractivity contribution in [3.05, 3.63) is 0 Å². The Morgan fingerprint density at radius 1 is 1.20 bits per heavy atom. The normalized spacial score (nSPS) is 29.0. The fourth-order valence-electron chi connectivity index (χ4n) is 1.84. The first kappa shape index (κ1) is 13.4. The van der Waals surface area contributed by atoms with Gasteiger partial charge in [-0.15, -0.1) is 0 Å². The Morgan fingerprint density at radius 2 is 1.93 bits per heavy atom. The molecular formula is C11H21BrO3. The molecule has 3 atom stereocenters. The van der Waals surface area contributed by atoms with E-state index in [0.29, 0.717) is 24.1 Å². The van der Waals surface area contributed by atoms with Crippen LogP contribution in [0.25, 0.3) is 0 Å². The molecule has 3 unspecified atom stereocenters. The number of hydrogen-bond donors (Lipinski definition) is 0. The zero-order valence-corrected chi connectivity index (χ0v) is 11.2. The lowest BCUT2D eigenvalue weighted by molar-refractivity contribution is -0.0597. The van der Waals surface area contributed by atoms with Crippen LogP contribution in [0, 0.1) is 0 Å². The van der Waals surface area contributed by atoms with E-state index in [1.54, 1.807) is 14.2 Å². The molecule has 1 aliphatic carbocycles. The van der Waals surface area contributed by atoms with Crippen LogP contribution in [0.3, 0.4) is 0 Å². The molecule has 0 N–H and O–H groups in total. The third kappa shape index (κ3) is 4.81. The van der Waals surface area contributed by atoms with Crippen LogP contribution in [0.1, 0.15) is 25.7 Å². The van der Waals surface area contributed by atoms with Crippen LogP contribution in [0.4, 0.5) is 0 Å². The topological polar surface area (TPSA) is 27.7 Å². The van der Waals surface area contributed by atoms with E-state index < -0.39 is 0 Å². The van der Waals surface area contributed by atoms with Crippen LogP contribution in [-0.4, -0.2) is 44.5 Å². The van der Waals surface area contributed by atoms with Crippen molar-refractivity contribution in [1.29, 1.82) is 0 Å². The summed E-state index contributed by atoms with van der Waals surface area (Å²) in [6.45, 7) is 1.22. The monoisotopic (exact) mass is 280 g/mol. The number of hydrogen-bond acceptors (Lipinski definition) is 3. The van der Waals surface area contributed by atoms with E-state index in [-0.39, 0.29) is 6.10 Å². The number of rotatable bonds is 6. The molecule has 0 aromatic carbocycles. The average Bonchev–Trinajstić information content (AvgIpc) is 2.26. The summed E-state index contributed by atoms with van der Waals surface area (Å²) in [5, 5.41) is 0. The lowest BCUT2D eigenvalue weighted by Crippen LogP contribution is -2.33. The maximum absolute atomic E-state index is 5.85. The summed E-state index contributed by atoms with van der Waals surface area (Å²) in [6.07, 6.45) is 5.34. The Morgan fingerprint density at radius 3 is 2.53 bits per heavy atom. The highest BCUT2D eigenvalue weighted by Crippen LogP contribution is 2.26. The summed E-state index contributed by atoms with van der Waals surface area (Å²) in [6, 6.07) is 0. The molecule has 0 radical (unpaired) electrons. The third-order valence-electron chi connectivity index (χ3n) is 2.80. The average molecular weight is 281 g/mol. The number of alkyl halides is 1. The summed E-state index contributed by atoms with van der Waals surface area (Å²) in [4.78, 5) is 0.506. The van der Waals surface area contributed by atoms with Crippen LogP contribution < -0.4 is 0 Å². The van der Waals surface area contributed by atoms with Crippen LogP contribution in [0.2, 0.25) is 0 Å². The van der Waals surface area contributed by atoms with Crippen molar-refractivity contribution in [3.63, 3.8) is 0 Å². The first-order chi connectivity index (χ1) is 7.27. The molecule has 0 aromatic rings. The molecule has 4 heteroatoms. The summed E-state index contributed by atoms with van der Waals surface area (Å²) in [5.41, 5.74) is 0. The Bertz CT molecular complexity index is 166. The van der Waals surface area contributed by atoms with E-state index in [4.69, 9.17) is 14.2 Å². The predicted molar refractivity (Wildman–Crippen MR) is 63.6 cm³/mol. The number of methoxy groups -OCH3 is 2. The Balaban J connectivity index is 2.21. The van der Waals surface area contributed by atoms with Crippen molar-refractivity contribution in [1.82, 2.24) is 0 Å². The van der Waals surface area contributed by atoms with Crippen LogP contribution in [0.5, 0.6) is 0 Å². The Hall–Kier alpha value is 0.360. The zero-order valence-electron chi connectivity index (χ0n) is 9.58. The van der Waals surface area contributed by atoms with Gasteiger partial charge in [-0.1, -0.05) is 28.8 Å². The maximum atomic E-state index is 5.85. The van der Waals surface area contributed by atoms with Gasteiger partial charge in [0.1, 0.15) is 6.10 Å². The molecule has 3 nitrogen and oxygen atoms in total. The van der Waals surface area contributed by atoms with Gasteiger partial charge in [0.2, 0.25) is 0 Å². The maximum Gasteiger partial charge on any atom is 0.104 e. The first-order valence-electron chi connectivity index (χ1n) is 5.55. The second-order valence-corrected chi connectivity index (χ2v) is 5.16. The molecule has 0 heterocycles. The van der Waals surface area contributed by atoms with Gasteiger partial charge in [-0.25, -0.2) is 0 Å². The van der Waals surface area contributed by atoms with E-state index in [9.17, 15) is 0 Å². The highest BCUT2D eigenvalue weighted by molar-refractivity contribution is 9.09. The molecule has 1 fully saturated rings. The van der Waals surface area contributed by atoms with Gasteiger partial charge in [0.05, 0.1) is 19.3 Å². The molecule has 1 aliphatic rings. The summed E-state index contributed by atoms with van der Waals surface area (Å²) < 4.78 is 16.1. The van der Waals surface area contributed by atoms with Gasteiger partial charge in [-0.05, 0) is 12.8 Å². The van der Waals surface area contributed by atoms with Gasteiger partial charge in [-0.2, -0.15) is 0 Å². The SMILES string of the molecule is COCC(COC1CCCCC1Br)OC. The van der Waals surface area contributed by atoms with Crippen LogP contribution in [0.15, 0.2) is 0 Å². The largest absolute Gasteiger partial charge is 0.382 e. The lowest BCUT2D eigenvalue weighted by Gasteiger charge is -2.28. The molecule has 0 aliphatic heterocycles. The van der Waals surface area contributed by atoms with Crippen molar-refractivity contribution in [3.8, 4) is 0 Å².